The Balaban J connectivity index is 2.11. The lowest BCUT2D eigenvalue weighted by atomic mass is 10.0. The summed E-state index contributed by atoms with van der Waals surface area (Å²) >= 11 is 0. The van der Waals surface area contributed by atoms with Crippen LogP contribution in [-0.2, 0) is 0 Å². The van der Waals surface area contributed by atoms with Crippen molar-refractivity contribution in [2.75, 3.05) is 0 Å². The van der Waals surface area contributed by atoms with Crippen LogP contribution in [0.5, 0.6) is 0 Å². The minimum atomic E-state index is 0.177. The molecule has 0 saturated heterocycles. The first-order valence-electron chi connectivity index (χ1n) is 6.23. The van der Waals surface area contributed by atoms with Crippen molar-refractivity contribution in [2.24, 2.45) is 5.92 Å². The SMILES string of the molecule is CC(C)c1cccc2cc(C(=O)C3CC3)oc12. The molecule has 1 fully saturated rings. The van der Waals surface area contributed by atoms with Crippen molar-refractivity contribution in [3.05, 3.63) is 35.6 Å². The van der Waals surface area contributed by atoms with Crippen LogP contribution in [-0.4, -0.2) is 5.78 Å². The fraction of sp³-hybridized carbons (Fsp3) is 0.400. The molecule has 0 radical (unpaired) electrons. The van der Waals surface area contributed by atoms with Crippen molar-refractivity contribution in [3.63, 3.8) is 0 Å². The zero-order valence-corrected chi connectivity index (χ0v) is 10.2. The van der Waals surface area contributed by atoms with E-state index in [0.29, 0.717) is 11.7 Å². The van der Waals surface area contributed by atoms with Crippen LogP contribution in [0.3, 0.4) is 0 Å². The van der Waals surface area contributed by atoms with Gasteiger partial charge >= 0.3 is 0 Å². The lowest BCUT2D eigenvalue weighted by molar-refractivity contribution is 0.0942. The first-order chi connectivity index (χ1) is 8.16. The summed E-state index contributed by atoms with van der Waals surface area (Å²) in [7, 11) is 0. The van der Waals surface area contributed by atoms with Gasteiger partial charge in [-0.05, 0) is 30.4 Å². The second-order valence-electron chi connectivity index (χ2n) is 5.17. The third kappa shape index (κ3) is 1.78. The molecule has 2 heteroatoms. The number of Topliss-reactive ketones (excluding diaryl/α,β-unsaturated/α-hetero) is 1. The molecule has 2 aromatic rings. The maximum absolute atomic E-state index is 12.0. The quantitative estimate of drug-likeness (QED) is 0.739. The molecule has 0 aliphatic heterocycles. The van der Waals surface area contributed by atoms with E-state index in [4.69, 9.17) is 4.42 Å². The van der Waals surface area contributed by atoms with Gasteiger partial charge in [0.05, 0.1) is 0 Å². The minimum absolute atomic E-state index is 0.177. The van der Waals surface area contributed by atoms with Gasteiger partial charge < -0.3 is 4.42 Å². The van der Waals surface area contributed by atoms with Crippen LogP contribution in [0.4, 0.5) is 0 Å². The van der Waals surface area contributed by atoms with Gasteiger partial charge in [0.1, 0.15) is 5.58 Å². The van der Waals surface area contributed by atoms with Crippen molar-refractivity contribution in [3.8, 4) is 0 Å². The molecule has 1 aromatic heterocycles. The standard InChI is InChI=1S/C15H16O2/c1-9(2)12-5-3-4-11-8-13(17-15(11)12)14(16)10-6-7-10/h3-5,8-10H,6-7H2,1-2H3. The molecule has 0 spiro atoms. The van der Waals surface area contributed by atoms with Gasteiger partial charge in [-0.1, -0.05) is 32.0 Å². The minimum Gasteiger partial charge on any atom is -0.453 e. The van der Waals surface area contributed by atoms with Gasteiger partial charge in [-0.2, -0.15) is 0 Å². The fourth-order valence-corrected chi connectivity index (χ4v) is 2.21. The molecule has 1 aliphatic rings. The maximum Gasteiger partial charge on any atom is 0.201 e. The first kappa shape index (κ1) is 10.6. The molecule has 0 N–H and O–H groups in total. The molecule has 3 rings (SSSR count). The van der Waals surface area contributed by atoms with E-state index in [1.54, 1.807) is 0 Å². The number of para-hydroxylation sites is 1. The summed E-state index contributed by atoms with van der Waals surface area (Å²) < 4.78 is 5.77. The molecule has 1 aliphatic carbocycles. The number of benzene rings is 1. The summed E-state index contributed by atoms with van der Waals surface area (Å²) in [6, 6.07) is 8.00. The molecule has 0 unspecified atom stereocenters. The first-order valence-corrected chi connectivity index (χ1v) is 6.23. The van der Waals surface area contributed by atoms with Crippen LogP contribution < -0.4 is 0 Å². The number of fused-ring (bicyclic) bond motifs is 1. The number of rotatable bonds is 3. The van der Waals surface area contributed by atoms with Gasteiger partial charge in [-0.25, -0.2) is 0 Å². The Morgan fingerprint density at radius 3 is 2.76 bits per heavy atom. The van der Waals surface area contributed by atoms with Crippen LogP contribution in [0.1, 0.15) is 48.7 Å². The molecule has 0 bridgehead atoms. The van der Waals surface area contributed by atoms with Crippen molar-refractivity contribution in [1.82, 2.24) is 0 Å². The molecule has 1 aromatic carbocycles. The van der Waals surface area contributed by atoms with Gasteiger partial charge in [0.15, 0.2) is 5.76 Å². The fourth-order valence-electron chi connectivity index (χ4n) is 2.21. The van der Waals surface area contributed by atoms with E-state index in [9.17, 15) is 4.79 Å². The number of carbonyl (C=O) groups excluding carboxylic acids is 1. The highest BCUT2D eigenvalue weighted by atomic mass is 16.3. The number of hydrogen-bond acceptors (Lipinski definition) is 2. The molecule has 88 valence electrons. The highest BCUT2D eigenvalue weighted by Gasteiger charge is 2.32. The third-order valence-electron chi connectivity index (χ3n) is 3.39. The summed E-state index contributed by atoms with van der Waals surface area (Å²) in [5.74, 6) is 1.35. The van der Waals surface area contributed by atoms with E-state index in [-0.39, 0.29) is 11.7 Å². The third-order valence-corrected chi connectivity index (χ3v) is 3.39. The Morgan fingerprint density at radius 1 is 1.35 bits per heavy atom. The Labute approximate surface area is 101 Å². The summed E-state index contributed by atoms with van der Waals surface area (Å²) in [4.78, 5) is 12.0. The van der Waals surface area contributed by atoms with E-state index in [1.165, 1.54) is 5.56 Å². The summed E-state index contributed by atoms with van der Waals surface area (Å²) in [6.07, 6.45) is 2.04. The van der Waals surface area contributed by atoms with E-state index in [0.717, 1.165) is 23.8 Å². The lowest BCUT2D eigenvalue weighted by Gasteiger charge is -2.04. The molecule has 0 amide bonds. The van der Waals surface area contributed by atoms with Gasteiger partial charge in [-0.3, -0.25) is 4.79 Å². The van der Waals surface area contributed by atoms with E-state index in [2.05, 4.69) is 19.9 Å². The zero-order valence-electron chi connectivity index (χ0n) is 10.2. The monoisotopic (exact) mass is 228 g/mol. The molecular weight excluding hydrogens is 212 g/mol. The van der Waals surface area contributed by atoms with E-state index >= 15 is 0 Å². The number of ketones is 1. The Bertz CT molecular complexity index is 574. The second-order valence-corrected chi connectivity index (χ2v) is 5.17. The second kappa shape index (κ2) is 3.73. The molecule has 2 nitrogen and oxygen atoms in total. The topological polar surface area (TPSA) is 30.2 Å². The van der Waals surface area contributed by atoms with Crippen LogP contribution in [0.2, 0.25) is 0 Å². The molecule has 1 saturated carbocycles. The molecule has 0 atom stereocenters. The highest BCUT2D eigenvalue weighted by Crippen LogP contribution is 2.35. The van der Waals surface area contributed by atoms with Crippen LogP contribution in [0.25, 0.3) is 11.0 Å². The number of furan rings is 1. The average Bonchev–Trinajstić information content (AvgIpc) is 3.05. The Kier molecular flexibility index (Phi) is 2.32. The Hall–Kier alpha value is -1.57. The average molecular weight is 228 g/mol. The van der Waals surface area contributed by atoms with Crippen LogP contribution >= 0.6 is 0 Å². The van der Waals surface area contributed by atoms with Crippen LogP contribution in [0, 0.1) is 5.92 Å². The largest absolute Gasteiger partial charge is 0.453 e. The molecule has 17 heavy (non-hydrogen) atoms. The smallest absolute Gasteiger partial charge is 0.201 e. The number of carbonyl (C=O) groups is 1. The van der Waals surface area contributed by atoms with Gasteiger partial charge in [0.25, 0.3) is 0 Å². The molecular formula is C15H16O2. The predicted octanol–water partition coefficient (Wildman–Crippen LogP) is 4.15. The van der Waals surface area contributed by atoms with E-state index in [1.807, 2.05) is 18.2 Å². The normalized spacial score (nSPS) is 15.7. The van der Waals surface area contributed by atoms with E-state index < -0.39 is 0 Å². The summed E-state index contributed by atoms with van der Waals surface area (Å²) in [5.41, 5.74) is 2.06. The predicted molar refractivity (Wildman–Crippen MR) is 67.4 cm³/mol. The Morgan fingerprint density at radius 2 is 2.12 bits per heavy atom. The summed E-state index contributed by atoms with van der Waals surface area (Å²) in [5, 5.41) is 1.04. The van der Waals surface area contributed by atoms with Crippen molar-refractivity contribution < 1.29 is 9.21 Å². The van der Waals surface area contributed by atoms with Gasteiger partial charge in [0.2, 0.25) is 5.78 Å². The van der Waals surface area contributed by atoms with Gasteiger partial charge in [-0.15, -0.1) is 0 Å². The highest BCUT2D eigenvalue weighted by molar-refractivity contribution is 6.00. The molecule has 1 heterocycles. The van der Waals surface area contributed by atoms with Crippen molar-refractivity contribution >= 4 is 16.8 Å². The van der Waals surface area contributed by atoms with Crippen LogP contribution in [0.15, 0.2) is 28.7 Å². The van der Waals surface area contributed by atoms with Crippen molar-refractivity contribution in [2.45, 2.75) is 32.6 Å². The lowest BCUT2D eigenvalue weighted by Crippen LogP contribution is -1.98. The maximum atomic E-state index is 12.0. The number of hydrogen-bond donors (Lipinski definition) is 0. The van der Waals surface area contributed by atoms with Crippen molar-refractivity contribution in [1.29, 1.82) is 0 Å². The zero-order chi connectivity index (χ0) is 12.0. The summed E-state index contributed by atoms with van der Waals surface area (Å²) in [6.45, 7) is 4.28. The van der Waals surface area contributed by atoms with Gasteiger partial charge in [0, 0.05) is 11.3 Å².